The fourth-order valence-corrected chi connectivity index (χ4v) is 3.98. The number of likely N-dealkylation sites (tertiary alicyclic amines) is 1. The summed E-state index contributed by atoms with van der Waals surface area (Å²) in [5, 5.41) is 11.5. The van der Waals surface area contributed by atoms with Gasteiger partial charge in [0, 0.05) is 18.5 Å². The lowest BCUT2D eigenvalue weighted by Gasteiger charge is -2.31. The zero-order chi connectivity index (χ0) is 18.6. The van der Waals surface area contributed by atoms with Gasteiger partial charge in [0.1, 0.15) is 5.75 Å². The van der Waals surface area contributed by atoms with Crippen molar-refractivity contribution >= 4 is 16.6 Å². The predicted molar refractivity (Wildman–Crippen MR) is 109 cm³/mol. The predicted octanol–water partition coefficient (Wildman–Crippen LogP) is 5.03. The molecule has 0 atom stereocenters. The van der Waals surface area contributed by atoms with Crippen LogP contribution >= 0.6 is 0 Å². The smallest absolute Gasteiger partial charge is 0.163 e. The van der Waals surface area contributed by atoms with Crippen LogP contribution in [0.2, 0.25) is 0 Å². The summed E-state index contributed by atoms with van der Waals surface area (Å²) in [5.41, 5.74) is 2.13. The molecular weight excluding hydrogens is 334 g/mol. The number of carbonyl (C=O) groups excluding carboxylic acids is 1. The Morgan fingerprint density at radius 3 is 2.41 bits per heavy atom. The molecule has 138 valence electrons. The van der Waals surface area contributed by atoms with E-state index in [4.69, 9.17) is 0 Å². The molecule has 1 saturated heterocycles. The Bertz CT molecular complexity index is 928. The van der Waals surface area contributed by atoms with Gasteiger partial charge >= 0.3 is 0 Å². The first-order valence-electron chi connectivity index (χ1n) is 9.70. The van der Waals surface area contributed by atoms with E-state index in [1.54, 1.807) is 12.1 Å². The van der Waals surface area contributed by atoms with Crippen LogP contribution in [0, 0.1) is 5.92 Å². The van der Waals surface area contributed by atoms with E-state index in [9.17, 15) is 9.90 Å². The summed E-state index contributed by atoms with van der Waals surface area (Å²) in [6.07, 6.45) is 2.79. The van der Waals surface area contributed by atoms with Crippen molar-refractivity contribution in [2.24, 2.45) is 5.92 Å². The molecule has 0 aliphatic carbocycles. The molecule has 0 unspecified atom stereocenters. The van der Waals surface area contributed by atoms with E-state index in [1.807, 2.05) is 24.3 Å². The Balaban J connectivity index is 1.33. The van der Waals surface area contributed by atoms with Crippen LogP contribution < -0.4 is 0 Å². The van der Waals surface area contributed by atoms with Crippen molar-refractivity contribution in [3.63, 3.8) is 0 Å². The Kier molecular flexibility index (Phi) is 5.21. The average Bonchev–Trinajstić information content (AvgIpc) is 2.70. The van der Waals surface area contributed by atoms with Crippen LogP contribution in [0.15, 0.2) is 66.7 Å². The third-order valence-corrected chi connectivity index (χ3v) is 5.58. The average molecular weight is 359 g/mol. The molecule has 3 aromatic rings. The second-order valence-corrected chi connectivity index (χ2v) is 7.58. The molecule has 0 radical (unpaired) electrons. The van der Waals surface area contributed by atoms with Crippen molar-refractivity contribution in [3.8, 4) is 5.75 Å². The molecule has 1 aliphatic rings. The van der Waals surface area contributed by atoms with Gasteiger partial charge in [-0.3, -0.25) is 9.69 Å². The van der Waals surface area contributed by atoms with Gasteiger partial charge in [-0.15, -0.1) is 0 Å². The van der Waals surface area contributed by atoms with E-state index in [2.05, 4.69) is 35.2 Å². The van der Waals surface area contributed by atoms with Crippen LogP contribution in [-0.4, -0.2) is 28.9 Å². The summed E-state index contributed by atoms with van der Waals surface area (Å²) in [6, 6.07) is 21.6. The minimum atomic E-state index is 0.228. The van der Waals surface area contributed by atoms with Crippen molar-refractivity contribution in [1.82, 2.24) is 4.90 Å². The van der Waals surface area contributed by atoms with Gasteiger partial charge in [-0.05, 0) is 66.4 Å². The van der Waals surface area contributed by atoms with Gasteiger partial charge in [0.25, 0.3) is 0 Å². The number of carbonyl (C=O) groups is 1. The van der Waals surface area contributed by atoms with Gasteiger partial charge in [0.05, 0.1) is 0 Å². The molecule has 1 heterocycles. The quantitative estimate of drug-likeness (QED) is 0.650. The molecule has 1 aliphatic heterocycles. The molecule has 0 bridgehead atoms. The number of aromatic hydroxyl groups is 1. The van der Waals surface area contributed by atoms with Crippen molar-refractivity contribution in [2.75, 3.05) is 13.1 Å². The lowest BCUT2D eigenvalue weighted by atomic mass is 9.89. The molecule has 0 amide bonds. The normalized spacial score (nSPS) is 15.9. The van der Waals surface area contributed by atoms with Crippen LogP contribution in [0.4, 0.5) is 0 Å². The van der Waals surface area contributed by atoms with Gasteiger partial charge in [-0.25, -0.2) is 0 Å². The maximum absolute atomic E-state index is 12.7. The summed E-state index contributed by atoms with van der Waals surface area (Å²) in [5.74, 6) is 0.954. The molecule has 4 rings (SSSR count). The van der Waals surface area contributed by atoms with Gasteiger partial charge in [-0.2, -0.15) is 0 Å². The fourth-order valence-electron chi connectivity index (χ4n) is 3.98. The first-order valence-corrected chi connectivity index (χ1v) is 9.70. The van der Waals surface area contributed by atoms with Crippen LogP contribution in [-0.2, 0) is 6.54 Å². The molecule has 0 spiro atoms. The Morgan fingerprint density at radius 2 is 1.63 bits per heavy atom. The number of phenolic OH excluding ortho intramolecular Hbond substituents is 1. The van der Waals surface area contributed by atoms with E-state index >= 15 is 0 Å². The first kappa shape index (κ1) is 17.7. The zero-order valence-electron chi connectivity index (χ0n) is 15.5. The first-order chi connectivity index (χ1) is 13.2. The SMILES string of the molecule is O=C(CC1CCN(Cc2ccccc2)CC1)c1ccc2cc(O)ccc2c1. The van der Waals surface area contributed by atoms with E-state index in [1.165, 1.54) is 5.56 Å². The van der Waals surface area contributed by atoms with E-state index in [0.29, 0.717) is 12.3 Å². The molecule has 3 nitrogen and oxygen atoms in total. The second kappa shape index (κ2) is 7.93. The standard InChI is InChI=1S/C24H25NO2/c26-23-9-8-20-15-22(7-6-21(20)16-23)24(27)14-18-10-12-25(13-11-18)17-19-4-2-1-3-5-19/h1-9,15-16,18,26H,10-14,17H2. The van der Waals surface area contributed by atoms with Gasteiger partial charge in [0.2, 0.25) is 0 Å². The van der Waals surface area contributed by atoms with Crippen LogP contribution in [0.1, 0.15) is 35.2 Å². The number of hydrogen-bond acceptors (Lipinski definition) is 3. The molecular formula is C24H25NO2. The molecule has 3 aromatic carbocycles. The Hall–Kier alpha value is -2.65. The number of Topliss-reactive ketones (excluding diaryl/α,β-unsaturated/α-hetero) is 1. The molecule has 0 saturated carbocycles. The minimum absolute atomic E-state index is 0.228. The Labute approximate surface area is 160 Å². The monoisotopic (exact) mass is 359 g/mol. The van der Waals surface area contributed by atoms with E-state index in [0.717, 1.165) is 48.8 Å². The minimum Gasteiger partial charge on any atom is -0.508 e. The highest BCUT2D eigenvalue weighted by atomic mass is 16.3. The van der Waals surface area contributed by atoms with Crippen LogP contribution in [0.5, 0.6) is 5.75 Å². The van der Waals surface area contributed by atoms with Gasteiger partial charge < -0.3 is 5.11 Å². The maximum atomic E-state index is 12.7. The summed E-state index contributed by atoms with van der Waals surface area (Å²) >= 11 is 0. The fraction of sp³-hybridized carbons (Fsp3) is 0.292. The maximum Gasteiger partial charge on any atom is 0.163 e. The number of fused-ring (bicyclic) bond motifs is 1. The molecule has 1 N–H and O–H groups in total. The van der Waals surface area contributed by atoms with Crippen molar-refractivity contribution in [3.05, 3.63) is 77.9 Å². The number of benzene rings is 3. The second-order valence-electron chi connectivity index (χ2n) is 7.58. The number of phenols is 1. The largest absolute Gasteiger partial charge is 0.508 e. The molecule has 0 aromatic heterocycles. The van der Waals surface area contributed by atoms with Crippen LogP contribution in [0.3, 0.4) is 0 Å². The summed E-state index contributed by atoms with van der Waals surface area (Å²) in [7, 11) is 0. The van der Waals surface area contributed by atoms with Crippen molar-refractivity contribution in [1.29, 1.82) is 0 Å². The highest BCUT2D eigenvalue weighted by molar-refractivity contribution is 6.00. The Morgan fingerprint density at radius 1 is 0.926 bits per heavy atom. The molecule has 27 heavy (non-hydrogen) atoms. The van der Waals surface area contributed by atoms with Gasteiger partial charge in [0.15, 0.2) is 5.78 Å². The number of hydrogen-bond donors (Lipinski definition) is 1. The van der Waals surface area contributed by atoms with Crippen LogP contribution in [0.25, 0.3) is 10.8 Å². The molecule has 1 fully saturated rings. The van der Waals surface area contributed by atoms with Crippen molar-refractivity contribution < 1.29 is 9.90 Å². The van der Waals surface area contributed by atoms with E-state index in [-0.39, 0.29) is 11.5 Å². The zero-order valence-corrected chi connectivity index (χ0v) is 15.5. The summed E-state index contributed by atoms with van der Waals surface area (Å²) in [6.45, 7) is 3.12. The third kappa shape index (κ3) is 4.37. The lowest BCUT2D eigenvalue weighted by Crippen LogP contribution is -2.33. The summed E-state index contributed by atoms with van der Waals surface area (Å²) in [4.78, 5) is 15.2. The number of piperidine rings is 1. The third-order valence-electron chi connectivity index (χ3n) is 5.58. The molecule has 3 heteroatoms. The highest BCUT2D eigenvalue weighted by Gasteiger charge is 2.22. The van der Waals surface area contributed by atoms with Gasteiger partial charge in [-0.1, -0.05) is 48.5 Å². The van der Waals surface area contributed by atoms with E-state index < -0.39 is 0 Å². The topological polar surface area (TPSA) is 40.5 Å². The number of ketones is 1. The summed E-state index contributed by atoms with van der Waals surface area (Å²) < 4.78 is 0. The number of nitrogens with zero attached hydrogens (tertiary/aromatic N) is 1. The van der Waals surface area contributed by atoms with Crippen molar-refractivity contribution in [2.45, 2.75) is 25.8 Å². The lowest BCUT2D eigenvalue weighted by molar-refractivity contribution is 0.0925. The number of rotatable bonds is 5. The highest BCUT2D eigenvalue weighted by Crippen LogP contribution is 2.26.